The number of likely N-dealkylation sites (N-methyl/N-ethyl adjacent to an activating group) is 1. The average Bonchev–Trinajstić information content (AvgIpc) is 3.03. The van der Waals surface area contributed by atoms with E-state index >= 15 is 0 Å². The molecule has 0 aliphatic heterocycles. The minimum absolute atomic E-state index is 0.00908. The highest BCUT2D eigenvalue weighted by atomic mass is 35.5. The third-order valence-corrected chi connectivity index (χ3v) is 10.4. The third-order valence-electron chi connectivity index (χ3n) is 7.10. The van der Waals surface area contributed by atoms with Crippen LogP contribution in [-0.4, -0.2) is 51.0 Å². The van der Waals surface area contributed by atoms with Gasteiger partial charge in [-0.15, -0.1) is 11.8 Å². The highest BCUT2D eigenvalue weighted by Gasteiger charge is 2.34. The molecule has 2 amide bonds. The normalized spacial score (nSPS) is 11.9. The number of carbonyl (C=O) groups is 2. The predicted molar refractivity (Wildman–Crippen MR) is 179 cm³/mol. The monoisotopic (exact) mass is 669 g/mol. The molecule has 0 fully saturated rings. The van der Waals surface area contributed by atoms with Crippen molar-refractivity contribution in [2.45, 2.75) is 35.7 Å². The van der Waals surface area contributed by atoms with Crippen LogP contribution in [0.4, 0.5) is 5.69 Å². The Labute approximate surface area is 273 Å². The van der Waals surface area contributed by atoms with Crippen molar-refractivity contribution in [1.29, 1.82) is 0 Å². The number of rotatable bonds is 12. The van der Waals surface area contributed by atoms with Crippen LogP contribution in [0.2, 0.25) is 10.0 Å². The molecule has 0 aromatic heterocycles. The van der Waals surface area contributed by atoms with E-state index in [1.165, 1.54) is 35.8 Å². The number of thioether (sulfide) groups is 1. The van der Waals surface area contributed by atoms with Crippen molar-refractivity contribution < 1.29 is 18.0 Å². The lowest BCUT2D eigenvalue weighted by Gasteiger charge is -2.33. The Kier molecular flexibility index (Phi) is 11.4. The van der Waals surface area contributed by atoms with Crippen LogP contribution in [0.3, 0.4) is 0 Å². The molecule has 0 radical (unpaired) electrons. The van der Waals surface area contributed by atoms with Crippen LogP contribution in [0.5, 0.6) is 0 Å². The minimum Gasteiger partial charge on any atom is -0.357 e. The molecule has 0 saturated heterocycles. The Morgan fingerprint density at radius 1 is 0.864 bits per heavy atom. The molecule has 11 heteroatoms. The van der Waals surface area contributed by atoms with Crippen molar-refractivity contribution >= 4 is 62.5 Å². The summed E-state index contributed by atoms with van der Waals surface area (Å²) in [6.45, 7) is 1.34. The minimum atomic E-state index is -4.18. The number of anilines is 1. The smallest absolute Gasteiger partial charge is 0.264 e. The molecule has 230 valence electrons. The molecule has 1 N–H and O–H groups in total. The van der Waals surface area contributed by atoms with Crippen molar-refractivity contribution in [3.8, 4) is 0 Å². The van der Waals surface area contributed by atoms with Gasteiger partial charge in [0.15, 0.2) is 0 Å². The summed E-state index contributed by atoms with van der Waals surface area (Å²) < 4.78 is 29.3. The first-order valence-electron chi connectivity index (χ1n) is 13.8. The van der Waals surface area contributed by atoms with E-state index in [4.69, 9.17) is 23.2 Å². The van der Waals surface area contributed by atoms with Gasteiger partial charge in [0, 0.05) is 24.9 Å². The van der Waals surface area contributed by atoms with Gasteiger partial charge in [0.25, 0.3) is 10.0 Å². The van der Waals surface area contributed by atoms with Crippen molar-refractivity contribution in [2.24, 2.45) is 0 Å². The fourth-order valence-electron chi connectivity index (χ4n) is 4.67. The Morgan fingerprint density at radius 3 is 2.11 bits per heavy atom. The van der Waals surface area contributed by atoms with E-state index in [1.807, 2.05) is 43.5 Å². The predicted octanol–water partition coefficient (Wildman–Crippen LogP) is 6.61. The summed E-state index contributed by atoms with van der Waals surface area (Å²) in [5.74, 6) is -0.954. The number of halogens is 2. The Balaban J connectivity index is 1.79. The molecule has 4 aromatic rings. The van der Waals surface area contributed by atoms with Gasteiger partial charge in [0.05, 0.1) is 20.6 Å². The lowest BCUT2D eigenvalue weighted by molar-refractivity contribution is -0.139. The van der Waals surface area contributed by atoms with Crippen molar-refractivity contribution in [1.82, 2.24) is 10.2 Å². The summed E-state index contributed by atoms with van der Waals surface area (Å²) in [4.78, 5) is 30.1. The van der Waals surface area contributed by atoms with E-state index in [-0.39, 0.29) is 23.8 Å². The quantitative estimate of drug-likeness (QED) is 0.172. The number of carbonyl (C=O) groups excluding carboxylic acids is 2. The highest BCUT2D eigenvalue weighted by molar-refractivity contribution is 7.98. The first-order chi connectivity index (χ1) is 21.0. The van der Waals surface area contributed by atoms with Gasteiger partial charge in [-0.2, -0.15) is 0 Å². The number of amides is 2. The Hall–Kier alpha value is -3.50. The molecule has 1 atom stereocenters. The molecule has 0 aliphatic rings. The van der Waals surface area contributed by atoms with E-state index in [2.05, 4.69) is 5.32 Å². The van der Waals surface area contributed by atoms with Gasteiger partial charge in [-0.25, -0.2) is 8.42 Å². The van der Waals surface area contributed by atoms with Crippen LogP contribution in [0, 0.1) is 6.92 Å². The van der Waals surface area contributed by atoms with E-state index < -0.39 is 28.5 Å². The molecule has 4 aromatic carbocycles. The molecule has 0 unspecified atom stereocenters. The average molecular weight is 671 g/mol. The van der Waals surface area contributed by atoms with Crippen LogP contribution in [-0.2, 0) is 32.6 Å². The largest absolute Gasteiger partial charge is 0.357 e. The second kappa shape index (κ2) is 15.0. The topological polar surface area (TPSA) is 86.8 Å². The molecule has 0 bridgehead atoms. The van der Waals surface area contributed by atoms with Crippen LogP contribution in [0.15, 0.2) is 107 Å². The lowest BCUT2D eigenvalue weighted by Crippen LogP contribution is -2.53. The van der Waals surface area contributed by atoms with Gasteiger partial charge >= 0.3 is 0 Å². The number of aryl methyl sites for hydroxylation is 1. The van der Waals surface area contributed by atoms with E-state index in [9.17, 15) is 18.0 Å². The molecule has 4 rings (SSSR count). The van der Waals surface area contributed by atoms with Gasteiger partial charge < -0.3 is 10.2 Å². The van der Waals surface area contributed by atoms with Gasteiger partial charge in [-0.3, -0.25) is 13.9 Å². The molecular formula is C33H33Cl2N3O4S2. The summed E-state index contributed by atoms with van der Waals surface area (Å²) in [6.07, 6.45) is 2.11. The van der Waals surface area contributed by atoms with Crippen molar-refractivity contribution in [2.75, 3.05) is 24.2 Å². The van der Waals surface area contributed by atoms with Crippen LogP contribution >= 0.6 is 35.0 Å². The molecular weight excluding hydrogens is 637 g/mol. The highest BCUT2D eigenvalue weighted by Crippen LogP contribution is 2.28. The number of benzene rings is 4. The van der Waals surface area contributed by atoms with Crippen LogP contribution < -0.4 is 9.62 Å². The van der Waals surface area contributed by atoms with Gasteiger partial charge in [0.2, 0.25) is 11.8 Å². The number of nitrogens with zero attached hydrogens (tertiary/aromatic N) is 2. The number of nitrogens with one attached hydrogen (secondary N) is 1. The standard InChI is InChI=1S/C33H33Cl2N3O4S2/c1-23-9-12-26(13-10-23)38(44(41,42)28-16-14-27(43-3)15-17-28)22-32(39)37(21-25-11-18-29(34)30(35)19-25)31(33(40)36-2)20-24-7-5-4-6-8-24/h4-19,31H,20-22H2,1-3H3,(H,36,40)/t31-/m0/s1. The summed E-state index contributed by atoms with van der Waals surface area (Å²) in [6, 6.07) is 26.8. The summed E-state index contributed by atoms with van der Waals surface area (Å²) >= 11 is 13.9. The Bertz CT molecular complexity index is 1700. The second-order valence-electron chi connectivity index (χ2n) is 10.1. The number of hydrogen-bond donors (Lipinski definition) is 1. The maximum atomic E-state index is 14.4. The molecule has 7 nitrogen and oxygen atoms in total. The Morgan fingerprint density at radius 2 is 1.52 bits per heavy atom. The third kappa shape index (κ3) is 8.15. The van der Waals surface area contributed by atoms with E-state index in [1.54, 1.807) is 54.6 Å². The lowest BCUT2D eigenvalue weighted by atomic mass is 10.0. The summed E-state index contributed by atoms with van der Waals surface area (Å²) in [5.41, 5.74) is 2.73. The van der Waals surface area contributed by atoms with E-state index in [0.717, 1.165) is 20.3 Å². The zero-order valence-corrected chi connectivity index (χ0v) is 27.7. The van der Waals surface area contributed by atoms with Crippen molar-refractivity contribution in [3.05, 3.63) is 124 Å². The second-order valence-corrected chi connectivity index (χ2v) is 13.7. The van der Waals surface area contributed by atoms with Crippen molar-refractivity contribution in [3.63, 3.8) is 0 Å². The van der Waals surface area contributed by atoms with Gasteiger partial charge in [-0.1, -0.05) is 77.3 Å². The molecule has 0 heterocycles. The fourth-order valence-corrected chi connectivity index (χ4v) is 6.81. The van der Waals surface area contributed by atoms with E-state index in [0.29, 0.717) is 21.3 Å². The molecule has 0 saturated carbocycles. The van der Waals surface area contributed by atoms with Gasteiger partial charge in [-0.05, 0) is 72.8 Å². The molecule has 0 aliphatic carbocycles. The summed E-state index contributed by atoms with van der Waals surface area (Å²) in [7, 11) is -2.68. The first kappa shape index (κ1) is 33.4. The van der Waals surface area contributed by atoms with Crippen LogP contribution in [0.1, 0.15) is 16.7 Å². The molecule has 0 spiro atoms. The first-order valence-corrected chi connectivity index (χ1v) is 17.2. The maximum Gasteiger partial charge on any atom is 0.264 e. The number of hydrogen-bond acceptors (Lipinski definition) is 5. The zero-order chi connectivity index (χ0) is 31.9. The molecule has 44 heavy (non-hydrogen) atoms. The summed E-state index contributed by atoms with van der Waals surface area (Å²) in [5, 5.41) is 3.32. The zero-order valence-electron chi connectivity index (χ0n) is 24.5. The number of sulfonamides is 1. The van der Waals surface area contributed by atoms with Crippen LogP contribution in [0.25, 0.3) is 0 Å². The van der Waals surface area contributed by atoms with Gasteiger partial charge in [0.1, 0.15) is 12.6 Å². The fraction of sp³-hybridized carbons (Fsp3) is 0.212. The SMILES string of the molecule is CNC(=O)[C@H](Cc1ccccc1)N(Cc1ccc(Cl)c(Cl)c1)C(=O)CN(c1ccc(C)cc1)S(=O)(=O)c1ccc(SC)cc1. The maximum absolute atomic E-state index is 14.4.